The van der Waals surface area contributed by atoms with Crippen LogP contribution in [0.3, 0.4) is 0 Å². The molecule has 1 aromatic carbocycles. The van der Waals surface area contributed by atoms with E-state index in [1.54, 1.807) is 0 Å². The van der Waals surface area contributed by atoms with E-state index in [1.807, 2.05) is 37.5 Å². The molecule has 0 amide bonds. The number of rotatable bonds is 4. The van der Waals surface area contributed by atoms with Crippen molar-refractivity contribution in [2.45, 2.75) is 20.3 Å². The Labute approximate surface area is 124 Å². The number of nitrogens with one attached hydrogen (secondary N) is 1. The number of nitrogens with zero attached hydrogens (tertiary/aromatic N) is 3. The Hall–Kier alpha value is -2.49. The van der Waals surface area contributed by atoms with Crippen molar-refractivity contribution in [1.29, 1.82) is 0 Å². The molecule has 0 atom stereocenters. The minimum absolute atomic E-state index is 0.770. The molecule has 0 spiro atoms. The highest BCUT2D eigenvalue weighted by Gasteiger charge is 2.08. The summed E-state index contributed by atoms with van der Waals surface area (Å²) < 4.78 is 0. The molecular formula is C17H18N4. The van der Waals surface area contributed by atoms with Gasteiger partial charge in [-0.15, -0.1) is 0 Å². The first-order valence-corrected chi connectivity index (χ1v) is 7.20. The van der Waals surface area contributed by atoms with Crippen molar-refractivity contribution in [2.24, 2.45) is 0 Å². The van der Waals surface area contributed by atoms with Gasteiger partial charge in [0.1, 0.15) is 11.6 Å². The van der Waals surface area contributed by atoms with Gasteiger partial charge in [-0.2, -0.15) is 0 Å². The third-order valence-electron chi connectivity index (χ3n) is 3.35. The molecule has 4 nitrogen and oxygen atoms in total. The van der Waals surface area contributed by atoms with E-state index in [9.17, 15) is 0 Å². The van der Waals surface area contributed by atoms with Crippen LogP contribution in [-0.4, -0.2) is 21.5 Å². The summed E-state index contributed by atoms with van der Waals surface area (Å²) in [6.45, 7) is 4.97. The normalized spacial score (nSPS) is 10.8. The van der Waals surface area contributed by atoms with E-state index in [0.717, 1.165) is 41.3 Å². The van der Waals surface area contributed by atoms with Crippen molar-refractivity contribution in [3.8, 4) is 11.3 Å². The second-order valence-electron chi connectivity index (χ2n) is 5.01. The second-order valence-corrected chi connectivity index (χ2v) is 5.01. The van der Waals surface area contributed by atoms with Crippen LogP contribution in [0.2, 0.25) is 0 Å². The molecule has 0 saturated carbocycles. The third kappa shape index (κ3) is 2.84. The SMILES string of the molecule is CCCNc1cc(-c2cccc3ccncc23)nc(C)n1. The standard InChI is InChI=1S/C17H18N4/c1-3-8-19-17-10-16(20-12(2)21-17)14-6-4-5-13-7-9-18-11-15(13)14/h4-7,9-11H,3,8H2,1-2H3,(H,19,20,21). The monoisotopic (exact) mass is 278 g/mol. The first-order valence-electron chi connectivity index (χ1n) is 7.20. The number of hydrogen-bond acceptors (Lipinski definition) is 4. The van der Waals surface area contributed by atoms with Crippen LogP contribution in [0, 0.1) is 6.92 Å². The number of hydrogen-bond donors (Lipinski definition) is 1. The van der Waals surface area contributed by atoms with Crippen LogP contribution in [0.15, 0.2) is 42.7 Å². The van der Waals surface area contributed by atoms with E-state index >= 15 is 0 Å². The van der Waals surface area contributed by atoms with E-state index < -0.39 is 0 Å². The molecule has 3 rings (SSSR count). The summed E-state index contributed by atoms with van der Waals surface area (Å²) in [5.41, 5.74) is 2.02. The van der Waals surface area contributed by atoms with Crippen molar-refractivity contribution in [2.75, 3.05) is 11.9 Å². The molecular weight excluding hydrogens is 260 g/mol. The molecule has 4 heteroatoms. The largest absolute Gasteiger partial charge is 0.370 e. The van der Waals surface area contributed by atoms with Gasteiger partial charge in [-0.05, 0) is 24.8 Å². The Morgan fingerprint density at radius 1 is 1.14 bits per heavy atom. The zero-order valence-electron chi connectivity index (χ0n) is 12.3. The first kappa shape index (κ1) is 13.5. The quantitative estimate of drug-likeness (QED) is 0.788. The topological polar surface area (TPSA) is 50.7 Å². The van der Waals surface area contributed by atoms with Crippen molar-refractivity contribution in [3.05, 3.63) is 48.5 Å². The van der Waals surface area contributed by atoms with Crippen LogP contribution < -0.4 is 5.32 Å². The average molecular weight is 278 g/mol. The minimum atomic E-state index is 0.770. The number of anilines is 1. The summed E-state index contributed by atoms with van der Waals surface area (Å²) in [5.74, 6) is 1.65. The third-order valence-corrected chi connectivity index (χ3v) is 3.35. The van der Waals surface area contributed by atoms with Gasteiger partial charge in [-0.1, -0.05) is 25.1 Å². The first-order chi connectivity index (χ1) is 10.3. The van der Waals surface area contributed by atoms with E-state index in [2.05, 4.69) is 39.3 Å². The lowest BCUT2D eigenvalue weighted by Crippen LogP contribution is -2.04. The number of aryl methyl sites for hydroxylation is 1. The van der Waals surface area contributed by atoms with Crippen molar-refractivity contribution in [3.63, 3.8) is 0 Å². The summed E-state index contributed by atoms with van der Waals surface area (Å²) >= 11 is 0. The number of pyridine rings is 1. The Kier molecular flexibility index (Phi) is 3.77. The number of aromatic nitrogens is 3. The van der Waals surface area contributed by atoms with Gasteiger partial charge in [0, 0.05) is 36.0 Å². The van der Waals surface area contributed by atoms with Crippen molar-refractivity contribution >= 4 is 16.6 Å². The van der Waals surface area contributed by atoms with Gasteiger partial charge in [0.05, 0.1) is 5.69 Å². The van der Waals surface area contributed by atoms with E-state index in [4.69, 9.17) is 0 Å². The molecule has 0 radical (unpaired) electrons. The van der Waals surface area contributed by atoms with Gasteiger partial charge in [0.15, 0.2) is 0 Å². The fourth-order valence-electron chi connectivity index (χ4n) is 2.39. The molecule has 0 aliphatic heterocycles. The van der Waals surface area contributed by atoms with Crippen LogP contribution in [0.25, 0.3) is 22.0 Å². The Balaban J connectivity index is 2.12. The summed E-state index contributed by atoms with van der Waals surface area (Å²) in [5, 5.41) is 5.61. The van der Waals surface area contributed by atoms with Crippen LogP contribution in [0.4, 0.5) is 5.82 Å². The summed E-state index contributed by atoms with van der Waals surface area (Å²) in [6.07, 6.45) is 4.77. The molecule has 106 valence electrons. The summed E-state index contributed by atoms with van der Waals surface area (Å²) in [4.78, 5) is 13.3. The van der Waals surface area contributed by atoms with Gasteiger partial charge in [-0.25, -0.2) is 9.97 Å². The lowest BCUT2D eigenvalue weighted by molar-refractivity contribution is 0.955. The number of fused-ring (bicyclic) bond motifs is 1. The zero-order valence-corrected chi connectivity index (χ0v) is 12.3. The zero-order chi connectivity index (χ0) is 14.7. The predicted octanol–water partition coefficient (Wildman–Crippen LogP) is 3.82. The van der Waals surface area contributed by atoms with Gasteiger partial charge < -0.3 is 5.32 Å². The van der Waals surface area contributed by atoms with Crippen LogP contribution in [-0.2, 0) is 0 Å². The summed E-state index contributed by atoms with van der Waals surface area (Å²) in [7, 11) is 0. The molecule has 21 heavy (non-hydrogen) atoms. The van der Waals surface area contributed by atoms with Crippen molar-refractivity contribution in [1.82, 2.24) is 15.0 Å². The molecule has 2 aromatic heterocycles. The second kappa shape index (κ2) is 5.87. The molecule has 2 heterocycles. The predicted molar refractivity (Wildman–Crippen MR) is 86.3 cm³/mol. The van der Waals surface area contributed by atoms with Gasteiger partial charge >= 0.3 is 0 Å². The minimum Gasteiger partial charge on any atom is -0.370 e. The maximum absolute atomic E-state index is 4.58. The highest BCUT2D eigenvalue weighted by molar-refractivity contribution is 5.95. The highest BCUT2D eigenvalue weighted by atomic mass is 15.0. The molecule has 3 aromatic rings. The summed E-state index contributed by atoms with van der Waals surface area (Å²) in [6, 6.07) is 10.2. The lowest BCUT2D eigenvalue weighted by Gasteiger charge is -2.09. The van der Waals surface area contributed by atoms with Gasteiger partial charge in [0.2, 0.25) is 0 Å². The maximum Gasteiger partial charge on any atom is 0.130 e. The number of benzene rings is 1. The molecule has 0 aliphatic carbocycles. The average Bonchev–Trinajstić information content (AvgIpc) is 2.52. The maximum atomic E-state index is 4.58. The molecule has 0 fully saturated rings. The van der Waals surface area contributed by atoms with E-state index in [1.165, 1.54) is 5.39 Å². The van der Waals surface area contributed by atoms with Crippen LogP contribution in [0.5, 0.6) is 0 Å². The highest BCUT2D eigenvalue weighted by Crippen LogP contribution is 2.27. The molecule has 0 aliphatic rings. The van der Waals surface area contributed by atoms with Crippen molar-refractivity contribution < 1.29 is 0 Å². The smallest absolute Gasteiger partial charge is 0.130 e. The van der Waals surface area contributed by atoms with Gasteiger partial charge in [0.25, 0.3) is 0 Å². The van der Waals surface area contributed by atoms with Gasteiger partial charge in [-0.3, -0.25) is 4.98 Å². The Morgan fingerprint density at radius 3 is 2.90 bits per heavy atom. The molecule has 0 unspecified atom stereocenters. The molecule has 0 saturated heterocycles. The molecule has 1 N–H and O–H groups in total. The Bertz CT molecular complexity index is 762. The fourth-order valence-corrected chi connectivity index (χ4v) is 2.39. The van der Waals surface area contributed by atoms with Crippen LogP contribution >= 0.6 is 0 Å². The fraction of sp³-hybridized carbons (Fsp3) is 0.235. The Morgan fingerprint density at radius 2 is 2.05 bits per heavy atom. The van der Waals surface area contributed by atoms with E-state index in [0.29, 0.717) is 0 Å². The van der Waals surface area contributed by atoms with E-state index in [-0.39, 0.29) is 0 Å². The molecule has 0 bridgehead atoms. The van der Waals surface area contributed by atoms with Crippen LogP contribution in [0.1, 0.15) is 19.2 Å². The lowest BCUT2D eigenvalue weighted by atomic mass is 10.0.